The fourth-order valence-electron chi connectivity index (χ4n) is 2.29. The quantitative estimate of drug-likeness (QED) is 0.549. The number of rotatable bonds is 1. The molecule has 17 heavy (non-hydrogen) atoms. The lowest BCUT2D eigenvalue weighted by molar-refractivity contribution is -0.135. The molecule has 1 atom stereocenters. The highest BCUT2D eigenvalue weighted by Gasteiger charge is 2.27. The Morgan fingerprint density at radius 1 is 0.941 bits per heavy atom. The molecule has 84 valence electrons. The van der Waals surface area contributed by atoms with Crippen molar-refractivity contribution in [2.45, 2.75) is 12.3 Å². The lowest BCUT2D eigenvalue weighted by Gasteiger charge is -2.24. The second-order valence-corrected chi connectivity index (χ2v) is 4.18. The molecule has 0 saturated heterocycles. The monoisotopic (exact) mass is 224 g/mol. The third-order valence-electron chi connectivity index (χ3n) is 3.09. The summed E-state index contributed by atoms with van der Waals surface area (Å²) in [6.45, 7) is 0. The van der Waals surface area contributed by atoms with Crippen molar-refractivity contribution >= 4 is 5.97 Å². The normalized spacial score (nSPS) is 18.4. The van der Waals surface area contributed by atoms with Crippen LogP contribution in [-0.4, -0.2) is 5.97 Å². The first-order valence-electron chi connectivity index (χ1n) is 5.69. The van der Waals surface area contributed by atoms with Gasteiger partial charge >= 0.3 is 5.97 Å². The smallest absolute Gasteiger partial charge is 0.312 e. The number of hydrogen-bond donors (Lipinski definition) is 0. The van der Waals surface area contributed by atoms with E-state index in [9.17, 15) is 4.79 Å². The second-order valence-electron chi connectivity index (χ2n) is 4.18. The number of carbonyl (C=O) groups is 1. The molecule has 1 aliphatic heterocycles. The van der Waals surface area contributed by atoms with Crippen LogP contribution in [0.25, 0.3) is 0 Å². The summed E-state index contributed by atoms with van der Waals surface area (Å²) in [7, 11) is 0. The molecule has 0 fully saturated rings. The van der Waals surface area contributed by atoms with E-state index < -0.39 is 0 Å². The number of benzene rings is 2. The molecule has 1 aliphatic rings. The predicted octanol–water partition coefficient (Wildman–Crippen LogP) is 3.13. The molecule has 2 nitrogen and oxygen atoms in total. The number of hydrogen-bond acceptors (Lipinski definition) is 2. The van der Waals surface area contributed by atoms with Gasteiger partial charge < -0.3 is 4.74 Å². The fraction of sp³-hybridized carbons (Fsp3) is 0.133. The van der Waals surface area contributed by atoms with Crippen LogP contribution in [-0.2, 0) is 4.79 Å². The van der Waals surface area contributed by atoms with Crippen LogP contribution in [0.2, 0.25) is 0 Å². The van der Waals surface area contributed by atoms with E-state index in [1.807, 2.05) is 42.5 Å². The molecule has 0 spiro atoms. The Kier molecular flexibility index (Phi) is 2.41. The molecular weight excluding hydrogens is 212 g/mol. The average molecular weight is 224 g/mol. The minimum Gasteiger partial charge on any atom is -0.426 e. The maximum absolute atomic E-state index is 11.6. The second kappa shape index (κ2) is 4.06. The predicted molar refractivity (Wildman–Crippen MR) is 65.0 cm³/mol. The minimum atomic E-state index is -0.155. The van der Waals surface area contributed by atoms with Crippen LogP contribution < -0.4 is 4.74 Å². The van der Waals surface area contributed by atoms with Gasteiger partial charge in [0.05, 0.1) is 6.42 Å². The molecule has 0 aliphatic carbocycles. The van der Waals surface area contributed by atoms with Gasteiger partial charge in [-0.2, -0.15) is 0 Å². The summed E-state index contributed by atoms with van der Waals surface area (Å²) in [5.41, 5.74) is 2.26. The first kappa shape index (κ1) is 10.1. The summed E-state index contributed by atoms with van der Waals surface area (Å²) in [6, 6.07) is 17.8. The third-order valence-corrected chi connectivity index (χ3v) is 3.09. The standard InChI is InChI=1S/C15H12O2/c16-15-10-13(11-6-2-1-3-7-11)12-8-4-5-9-14(12)17-15/h1-9,13H,10H2/t13-/m0/s1. The summed E-state index contributed by atoms with van der Waals surface area (Å²) in [5.74, 6) is 0.656. The van der Waals surface area contributed by atoms with Crippen molar-refractivity contribution in [1.82, 2.24) is 0 Å². The fourth-order valence-corrected chi connectivity index (χ4v) is 2.29. The maximum atomic E-state index is 11.6. The molecule has 0 unspecified atom stereocenters. The van der Waals surface area contributed by atoms with E-state index >= 15 is 0 Å². The van der Waals surface area contributed by atoms with Crippen LogP contribution in [0.15, 0.2) is 54.6 Å². The van der Waals surface area contributed by atoms with Gasteiger partial charge in [-0.1, -0.05) is 48.5 Å². The Hall–Kier alpha value is -2.09. The summed E-state index contributed by atoms with van der Waals surface area (Å²) in [6.07, 6.45) is 0.418. The van der Waals surface area contributed by atoms with Gasteiger partial charge in [0, 0.05) is 11.5 Å². The molecule has 0 saturated carbocycles. The molecule has 3 rings (SSSR count). The van der Waals surface area contributed by atoms with Crippen molar-refractivity contribution < 1.29 is 9.53 Å². The van der Waals surface area contributed by atoms with Gasteiger partial charge in [-0.15, -0.1) is 0 Å². The van der Waals surface area contributed by atoms with Gasteiger partial charge in [-0.25, -0.2) is 0 Å². The Morgan fingerprint density at radius 3 is 2.47 bits per heavy atom. The Bertz CT molecular complexity index is 546. The zero-order chi connectivity index (χ0) is 11.7. The maximum Gasteiger partial charge on any atom is 0.312 e. The summed E-state index contributed by atoms with van der Waals surface area (Å²) >= 11 is 0. The van der Waals surface area contributed by atoms with Gasteiger partial charge in [0.25, 0.3) is 0 Å². The van der Waals surface area contributed by atoms with E-state index in [0.717, 1.165) is 11.1 Å². The molecular formula is C15H12O2. The topological polar surface area (TPSA) is 26.3 Å². The minimum absolute atomic E-state index is 0.119. The zero-order valence-corrected chi connectivity index (χ0v) is 9.30. The first-order chi connectivity index (χ1) is 8.34. The van der Waals surface area contributed by atoms with E-state index in [-0.39, 0.29) is 11.9 Å². The van der Waals surface area contributed by atoms with Crippen LogP contribution in [0.1, 0.15) is 23.5 Å². The molecule has 1 heterocycles. The van der Waals surface area contributed by atoms with Crippen molar-refractivity contribution in [3.8, 4) is 5.75 Å². The van der Waals surface area contributed by atoms with Crippen LogP contribution in [0.4, 0.5) is 0 Å². The Morgan fingerprint density at radius 2 is 1.65 bits per heavy atom. The van der Waals surface area contributed by atoms with E-state index in [2.05, 4.69) is 12.1 Å². The first-order valence-corrected chi connectivity index (χ1v) is 5.69. The Balaban J connectivity index is 2.10. The van der Waals surface area contributed by atoms with Crippen LogP contribution in [0.3, 0.4) is 0 Å². The largest absolute Gasteiger partial charge is 0.426 e. The van der Waals surface area contributed by atoms with Crippen LogP contribution in [0, 0.1) is 0 Å². The highest BCUT2D eigenvalue weighted by atomic mass is 16.5. The van der Waals surface area contributed by atoms with Crippen molar-refractivity contribution in [2.24, 2.45) is 0 Å². The Labute approximate surface area is 99.9 Å². The number of para-hydroxylation sites is 1. The molecule has 0 bridgehead atoms. The number of ether oxygens (including phenoxy) is 1. The zero-order valence-electron chi connectivity index (χ0n) is 9.30. The molecule has 0 radical (unpaired) electrons. The lowest BCUT2D eigenvalue weighted by atomic mass is 9.86. The van der Waals surface area contributed by atoms with Crippen molar-refractivity contribution in [1.29, 1.82) is 0 Å². The van der Waals surface area contributed by atoms with Crippen LogP contribution in [0.5, 0.6) is 5.75 Å². The molecule has 0 aromatic heterocycles. The van der Waals surface area contributed by atoms with Gasteiger partial charge in [0.2, 0.25) is 0 Å². The van der Waals surface area contributed by atoms with E-state index in [4.69, 9.17) is 4.74 Å². The van der Waals surface area contributed by atoms with Gasteiger partial charge in [-0.3, -0.25) is 4.79 Å². The number of esters is 1. The summed E-state index contributed by atoms with van der Waals surface area (Å²) in [4.78, 5) is 11.6. The van der Waals surface area contributed by atoms with Crippen molar-refractivity contribution in [3.63, 3.8) is 0 Å². The van der Waals surface area contributed by atoms with Gasteiger partial charge in [-0.05, 0) is 11.6 Å². The van der Waals surface area contributed by atoms with Gasteiger partial charge in [0.15, 0.2) is 0 Å². The highest BCUT2D eigenvalue weighted by molar-refractivity contribution is 5.77. The summed E-state index contributed by atoms with van der Waals surface area (Å²) < 4.78 is 5.24. The highest BCUT2D eigenvalue weighted by Crippen LogP contribution is 2.38. The van der Waals surface area contributed by atoms with Crippen molar-refractivity contribution in [3.05, 3.63) is 65.7 Å². The number of fused-ring (bicyclic) bond motifs is 1. The van der Waals surface area contributed by atoms with E-state index in [1.165, 1.54) is 0 Å². The average Bonchev–Trinajstić information content (AvgIpc) is 2.39. The summed E-state index contributed by atoms with van der Waals surface area (Å²) in [5, 5.41) is 0. The SMILES string of the molecule is O=C1C[C@@H](c2ccccc2)c2ccccc2O1. The van der Waals surface area contributed by atoms with E-state index in [1.54, 1.807) is 0 Å². The molecule has 2 aromatic carbocycles. The van der Waals surface area contributed by atoms with E-state index in [0.29, 0.717) is 12.2 Å². The molecule has 0 amide bonds. The lowest BCUT2D eigenvalue weighted by Crippen LogP contribution is -2.20. The number of carbonyl (C=O) groups excluding carboxylic acids is 1. The van der Waals surface area contributed by atoms with Crippen LogP contribution >= 0.6 is 0 Å². The third kappa shape index (κ3) is 1.82. The van der Waals surface area contributed by atoms with Crippen molar-refractivity contribution in [2.75, 3.05) is 0 Å². The molecule has 0 N–H and O–H groups in total. The molecule has 2 heteroatoms. The molecule has 2 aromatic rings. The van der Waals surface area contributed by atoms with Gasteiger partial charge in [0.1, 0.15) is 5.75 Å².